The maximum Gasteiger partial charge on any atom is 0.269 e. The zero-order chi connectivity index (χ0) is 17.3. The summed E-state index contributed by atoms with van der Waals surface area (Å²) in [7, 11) is 1.52. The minimum absolute atomic E-state index is 0.129. The van der Waals surface area contributed by atoms with Crippen LogP contribution >= 0.6 is 0 Å². The molecule has 0 aliphatic heterocycles. The molecule has 0 heterocycles. The average molecular weight is 329 g/mol. The van der Waals surface area contributed by atoms with Crippen LogP contribution in [0.3, 0.4) is 0 Å². The second-order valence-electron chi connectivity index (χ2n) is 5.99. The Labute approximate surface area is 138 Å². The van der Waals surface area contributed by atoms with Crippen molar-refractivity contribution in [1.29, 1.82) is 0 Å². The van der Waals surface area contributed by atoms with Gasteiger partial charge in [-0.1, -0.05) is 12.2 Å². The van der Waals surface area contributed by atoms with Crippen LogP contribution in [-0.2, 0) is 9.59 Å². The number of hydrogen-bond acceptors (Lipinski definition) is 5. The summed E-state index contributed by atoms with van der Waals surface area (Å²) in [5.41, 5.74) is 4.99. The number of amides is 2. The number of carboxylic acid groups (broad SMARTS) is 1. The van der Waals surface area contributed by atoms with Crippen LogP contribution in [0.5, 0.6) is 5.75 Å². The SMILES string of the molecule is COc1ccc(C(=O)NNC(=O)[C@H]2[C@@H](C(=O)[O-])[C@H]3C=C[C@H]2C3)cc1. The predicted octanol–water partition coefficient (Wildman–Crippen LogP) is -0.356. The number of fused-ring (bicyclic) bond motifs is 2. The molecule has 7 nitrogen and oxygen atoms in total. The van der Waals surface area contributed by atoms with E-state index in [9.17, 15) is 19.5 Å². The predicted molar refractivity (Wildman–Crippen MR) is 81.3 cm³/mol. The largest absolute Gasteiger partial charge is 0.550 e. The van der Waals surface area contributed by atoms with E-state index in [0.717, 1.165) is 0 Å². The summed E-state index contributed by atoms with van der Waals surface area (Å²) in [6.07, 6.45) is 4.31. The highest BCUT2D eigenvalue weighted by molar-refractivity contribution is 5.96. The van der Waals surface area contributed by atoms with Crippen molar-refractivity contribution in [3.05, 3.63) is 42.0 Å². The van der Waals surface area contributed by atoms with Gasteiger partial charge in [-0.25, -0.2) is 0 Å². The number of methoxy groups -OCH3 is 1. The third-order valence-corrected chi connectivity index (χ3v) is 4.69. The van der Waals surface area contributed by atoms with Gasteiger partial charge in [-0.15, -0.1) is 0 Å². The van der Waals surface area contributed by atoms with Crippen molar-refractivity contribution in [2.45, 2.75) is 6.42 Å². The van der Waals surface area contributed by atoms with Gasteiger partial charge in [0, 0.05) is 17.5 Å². The van der Waals surface area contributed by atoms with Crippen molar-refractivity contribution < 1.29 is 24.2 Å². The van der Waals surface area contributed by atoms with Crippen LogP contribution in [-0.4, -0.2) is 24.9 Å². The lowest BCUT2D eigenvalue weighted by atomic mass is 9.82. The van der Waals surface area contributed by atoms with Gasteiger partial charge in [0.05, 0.1) is 13.0 Å². The first-order valence-corrected chi connectivity index (χ1v) is 7.64. The number of aliphatic carboxylic acids is 1. The Kier molecular flexibility index (Phi) is 4.24. The van der Waals surface area contributed by atoms with E-state index in [4.69, 9.17) is 4.74 Å². The first-order valence-electron chi connectivity index (χ1n) is 7.64. The van der Waals surface area contributed by atoms with Crippen molar-refractivity contribution in [1.82, 2.24) is 10.9 Å². The first kappa shape index (κ1) is 16.0. The molecule has 1 aromatic carbocycles. The van der Waals surface area contributed by atoms with Crippen molar-refractivity contribution in [3.63, 3.8) is 0 Å². The number of hydrazine groups is 1. The third-order valence-electron chi connectivity index (χ3n) is 4.69. The van der Waals surface area contributed by atoms with Crippen LogP contribution in [0.15, 0.2) is 36.4 Å². The van der Waals surface area contributed by atoms with Crippen molar-refractivity contribution >= 4 is 17.8 Å². The van der Waals surface area contributed by atoms with Gasteiger partial charge in [-0.3, -0.25) is 20.4 Å². The molecular weight excluding hydrogens is 312 g/mol. The van der Waals surface area contributed by atoms with Crippen LogP contribution in [0.1, 0.15) is 16.8 Å². The standard InChI is InChI=1S/C17H18N2O5/c1-24-12-6-4-9(5-7-12)15(20)18-19-16(21)13-10-2-3-11(8-10)14(13)17(22)23/h2-7,10-11,13-14H,8H2,1H3,(H,18,20)(H,19,21)(H,22,23)/p-1/t10-,11-,13+,14-/m0/s1. The van der Waals surface area contributed by atoms with Gasteiger partial charge in [-0.05, 0) is 42.5 Å². The second-order valence-corrected chi connectivity index (χ2v) is 5.99. The number of carbonyl (C=O) groups excluding carboxylic acids is 3. The van der Waals surface area contributed by atoms with E-state index >= 15 is 0 Å². The van der Waals surface area contributed by atoms with Gasteiger partial charge in [0.15, 0.2) is 0 Å². The van der Waals surface area contributed by atoms with Gasteiger partial charge in [-0.2, -0.15) is 0 Å². The summed E-state index contributed by atoms with van der Waals surface area (Å²) in [6, 6.07) is 6.38. The monoisotopic (exact) mass is 329 g/mol. The molecule has 4 atom stereocenters. The maximum atomic E-state index is 12.3. The van der Waals surface area contributed by atoms with Crippen molar-refractivity contribution in [3.8, 4) is 5.75 Å². The fraction of sp³-hybridized carbons (Fsp3) is 0.353. The Morgan fingerprint density at radius 2 is 1.67 bits per heavy atom. The average Bonchev–Trinajstić information content (AvgIpc) is 3.20. The van der Waals surface area contributed by atoms with E-state index < -0.39 is 29.6 Å². The lowest BCUT2D eigenvalue weighted by Crippen LogP contribution is -2.50. The molecule has 2 N–H and O–H groups in total. The number of carbonyl (C=O) groups is 3. The summed E-state index contributed by atoms with van der Waals surface area (Å²) in [6.45, 7) is 0. The highest BCUT2D eigenvalue weighted by atomic mass is 16.5. The molecule has 7 heteroatoms. The normalized spacial score (nSPS) is 26.9. The Hall–Kier alpha value is -2.83. The van der Waals surface area contributed by atoms with Crippen LogP contribution in [0.2, 0.25) is 0 Å². The molecule has 0 saturated heterocycles. The van der Waals surface area contributed by atoms with Gasteiger partial charge in [0.2, 0.25) is 5.91 Å². The summed E-state index contributed by atoms with van der Waals surface area (Å²) in [5.74, 6) is -3.49. The number of carboxylic acids is 1. The minimum Gasteiger partial charge on any atom is -0.550 e. The Balaban J connectivity index is 1.61. The number of benzene rings is 1. The van der Waals surface area contributed by atoms with Crippen LogP contribution < -0.4 is 20.7 Å². The molecule has 0 unspecified atom stereocenters. The molecule has 2 aliphatic rings. The second kappa shape index (κ2) is 6.35. The summed E-state index contributed by atoms with van der Waals surface area (Å²) < 4.78 is 5.01. The zero-order valence-corrected chi connectivity index (χ0v) is 13.0. The van der Waals surface area contributed by atoms with E-state index in [-0.39, 0.29) is 11.8 Å². The Bertz CT molecular complexity index is 697. The smallest absolute Gasteiger partial charge is 0.269 e. The zero-order valence-electron chi connectivity index (χ0n) is 13.0. The van der Waals surface area contributed by atoms with E-state index in [1.165, 1.54) is 7.11 Å². The quantitative estimate of drug-likeness (QED) is 0.580. The minimum atomic E-state index is -1.23. The molecule has 1 saturated carbocycles. The molecule has 0 radical (unpaired) electrons. The lowest BCUT2D eigenvalue weighted by molar-refractivity contribution is -0.313. The van der Waals surface area contributed by atoms with Gasteiger partial charge in [0.1, 0.15) is 5.75 Å². The molecule has 1 fully saturated rings. The van der Waals surface area contributed by atoms with E-state index in [1.54, 1.807) is 24.3 Å². The lowest BCUT2D eigenvalue weighted by Gasteiger charge is -2.27. The van der Waals surface area contributed by atoms with Crippen molar-refractivity contribution in [2.75, 3.05) is 7.11 Å². The molecule has 2 bridgehead atoms. The van der Waals surface area contributed by atoms with Crippen LogP contribution in [0.4, 0.5) is 0 Å². The number of rotatable bonds is 4. The number of hydrogen-bond donors (Lipinski definition) is 2. The molecule has 24 heavy (non-hydrogen) atoms. The topological polar surface area (TPSA) is 108 Å². The van der Waals surface area contributed by atoms with E-state index in [1.807, 2.05) is 12.2 Å². The fourth-order valence-corrected chi connectivity index (χ4v) is 3.52. The Morgan fingerprint density at radius 3 is 2.25 bits per heavy atom. The molecule has 2 aliphatic carbocycles. The van der Waals surface area contributed by atoms with E-state index in [2.05, 4.69) is 10.9 Å². The van der Waals surface area contributed by atoms with Gasteiger partial charge in [0.25, 0.3) is 5.91 Å². The number of allylic oxidation sites excluding steroid dienone is 2. The molecular formula is C17H17N2O5-. The number of ether oxygens (including phenoxy) is 1. The van der Waals surface area contributed by atoms with Crippen LogP contribution in [0.25, 0.3) is 0 Å². The Morgan fingerprint density at radius 1 is 1.04 bits per heavy atom. The van der Waals surface area contributed by atoms with Crippen LogP contribution in [0, 0.1) is 23.7 Å². The highest BCUT2D eigenvalue weighted by Crippen LogP contribution is 2.47. The molecule has 0 aromatic heterocycles. The van der Waals surface area contributed by atoms with Crippen molar-refractivity contribution in [2.24, 2.45) is 23.7 Å². The molecule has 2 amide bonds. The molecule has 3 rings (SSSR count). The fourth-order valence-electron chi connectivity index (χ4n) is 3.52. The molecule has 0 spiro atoms. The van der Waals surface area contributed by atoms with Gasteiger partial charge < -0.3 is 14.6 Å². The van der Waals surface area contributed by atoms with E-state index in [0.29, 0.717) is 17.7 Å². The van der Waals surface area contributed by atoms with Gasteiger partial charge >= 0.3 is 0 Å². The summed E-state index contributed by atoms with van der Waals surface area (Å²) >= 11 is 0. The maximum absolute atomic E-state index is 12.3. The third kappa shape index (κ3) is 2.84. The first-order chi connectivity index (χ1) is 11.5. The molecule has 1 aromatic rings. The summed E-state index contributed by atoms with van der Waals surface area (Å²) in [5, 5.41) is 11.3. The number of nitrogens with one attached hydrogen (secondary N) is 2. The molecule has 126 valence electrons. The highest BCUT2D eigenvalue weighted by Gasteiger charge is 2.48. The summed E-state index contributed by atoms with van der Waals surface area (Å²) in [4.78, 5) is 35.6.